The van der Waals surface area contributed by atoms with Gasteiger partial charge in [-0.3, -0.25) is 9.59 Å². The Bertz CT molecular complexity index is 875. The van der Waals surface area contributed by atoms with Crippen molar-refractivity contribution in [2.45, 2.75) is 31.5 Å². The van der Waals surface area contributed by atoms with E-state index < -0.39 is 0 Å². The predicted octanol–water partition coefficient (Wildman–Crippen LogP) is 3.24. The topological polar surface area (TPSA) is 49.9 Å². The van der Waals surface area contributed by atoms with Crippen molar-refractivity contribution in [2.75, 3.05) is 19.7 Å². The van der Waals surface area contributed by atoms with E-state index in [0.29, 0.717) is 38.1 Å². The maximum atomic E-state index is 13.4. The lowest BCUT2D eigenvalue weighted by atomic mass is 9.76. The molecule has 2 aromatic carbocycles. The van der Waals surface area contributed by atoms with Crippen LogP contribution in [0.15, 0.2) is 60.7 Å². The lowest BCUT2D eigenvalue weighted by Gasteiger charge is -2.38. The molecule has 144 valence electrons. The number of ether oxygens (including phenoxy) is 1. The summed E-state index contributed by atoms with van der Waals surface area (Å²) in [7, 11) is 0. The van der Waals surface area contributed by atoms with Crippen molar-refractivity contribution in [3.8, 4) is 0 Å². The second kappa shape index (κ2) is 6.74. The largest absolute Gasteiger partial charge is 0.356 e. The predicted molar refractivity (Wildman–Crippen MR) is 104 cm³/mol. The molecule has 2 aromatic rings. The Morgan fingerprint density at radius 1 is 0.964 bits per heavy atom. The van der Waals surface area contributed by atoms with Gasteiger partial charge in [-0.2, -0.15) is 0 Å². The van der Waals surface area contributed by atoms with Gasteiger partial charge in [0.25, 0.3) is 5.91 Å². The van der Waals surface area contributed by atoms with E-state index in [1.54, 1.807) is 0 Å². The van der Waals surface area contributed by atoms with Gasteiger partial charge in [0.15, 0.2) is 0 Å². The fourth-order valence-electron chi connectivity index (χ4n) is 4.94. The van der Waals surface area contributed by atoms with Gasteiger partial charge in [0.1, 0.15) is 6.23 Å². The summed E-state index contributed by atoms with van der Waals surface area (Å²) >= 11 is 0. The Hall–Kier alpha value is -2.66. The third-order valence-corrected chi connectivity index (χ3v) is 6.56. The summed E-state index contributed by atoms with van der Waals surface area (Å²) in [5.41, 5.74) is 1.46. The Morgan fingerprint density at radius 2 is 1.61 bits per heavy atom. The van der Waals surface area contributed by atoms with Crippen LogP contribution >= 0.6 is 0 Å². The number of rotatable bonds is 2. The molecule has 3 heterocycles. The fourth-order valence-corrected chi connectivity index (χ4v) is 4.94. The van der Waals surface area contributed by atoms with Crippen LogP contribution < -0.4 is 0 Å². The van der Waals surface area contributed by atoms with Crippen molar-refractivity contribution < 1.29 is 14.3 Å². The Labute approximate surface area is 164 Å². The number of carbonyl (C=O) groups excluding carboxylic acids is 2. The van der Waals surface area contributed by atoms with Gasteiger partial charge in [-0.25, -0.2) is 0 Å². The monoisotopic (exact) mass is 376 g/mol. The number of nitrogens with zero attached hydrogens (tertiary/aromatic N) is 2. The lowest BCUT2D eigenvalue weighted by molar-refractivity contribution is -0.140. The molecule has 2 amide bonds. The first kappa shape index (κ1) is 17.4. The highest BCUT2D eigenvalue weighted by Crippen LogP contribution is 2.50. The van der Waals surface area contributed by atoms with Crippen LogP contribution in [0.1, 0.15) is 41.2 Å². The minimum Gasteiger partial charge on any atom is -0.356 e. The molecule has 5 heteroatoms. The lowest BCUT2D eigenvalue weighted by Crippen LogP contribution is -2.47. The second-order valence-electron chi connectivity index (χ2n) is 8.07. The van der Waals surface area contributed by atoms with E-state index in [9.17, 15) is 9.59 Å². The van der Waals surface area contributed by atoms with Crippen molar-refractivity contribution >= 4 is 11.8 Å². The van der Waals surface area contributed by atoms with E-state index in [1.807, 2.05) is 58.3 Å². The molecule has 0 bridgehead atoms. The van der Waals surface area contributed by atoms with Gasteiger partial charge in [0.2, 0.25) is 5.91 Å². The molecule has 0 N–H and O–H groups in total. The van der Waals surface area contributed by atoms with Crippen LogP contribution in [-0.2, 0) is 9.53 Å². The Balaban J connectivity index is 1.31. The van der Waals surface area contributed by atoms with E-state index in [-0.39, 0.29) is 29.5 Å². The molecule has 0 aliphatic carbocycles. The van der Waals surface area contributed by atoms with Crippen LogP contribution in [0.3, 0.4) is 0 Å². The molecule has 2 atom stereocenters. The summed E-state index contributed by atoms with van der Waals surface area (Å²) in [5, 5.41) is 0. The summed E-state index contributed by atoms with van der Waals surface area (Å²) in [5.74, 6) is 0.260. The molecule has 3 saturated heterocycles. The quantitative estimate of drug-likeness (QED) is 0.809. The van der Waals surface area contributed by atoms with E-state index in [4.69, 9.17) is 4.74 Å². The third-order valence-electron chi connectivity index (χ3n) is 6.56. The maximum Gasteiger partial charge on any atom is 0.253 e. The highest BCUT2D eigenvalue weighted by Gasteiger charge is 2.57. The van der Waals surface area contributed by atoms with Crippen molar-refractivity contribution in [1.29, 1.82) is 0 Å². The van der Waals surface area contributed by atoms with Crippen molar-refractivity contribution in [3.05, 3.63) is 71.8 Å². The summed E-state index contributed by atoms with van der Waals surface area (Å²) in [6, 6.07) is 19.5. The summed E-state index contributed by atoms with van der Waals surface area (Å²) in [6.07, 6.45) is 2.03. The molecule has 0 aromatic heterocycles. The average Bonchev–Trinajstić information content (AvgIpc) is 3.28. The molecule has 5 nitrogen and oxygen atoms in total. The number of fused-ring (bicyclic) bond motifs is 1. The zero-order chi connectivity index (χ0) is 19.1. The summed E-state index contributed by atoms with van der Waals surface area (Å²) in [6.45, 7) is 1.81. The SMILES string of the molecule is O=C(c1ccccc1)N1CCC2(CC1)CC1OCC(c3ccccc3)N1C2=O. The number of carbonyl (C=O) groups is 2. The zero-order valence-corrected chi connectivity index (χ0v) is 15.8. The van der Waals surface area contributed by atoms with E-state index in [2.05, 4.69) is 12.1 Å². The summed E-state index contributed by atoms with van der Waals surface area (Å²) in [4.78, 5) is 30.0. The molecule has 3 aliphatic rings. The van der Waals surface area contributed by atoms with Crippen LogP contribution in [0.25, 0.3) is 0 Å². The summed E-state index contributed by atoms with van der Waals surface area (Å²) < 4.78 is 6.01. The van der Waals surface area contributed by atoms with Crippen LogP contribution in [-0.4, -0.2) is 47.5 Å². The molecule has 3 fully saturated rings. The number of hydrogen-bond acceptors (Lipinski definition) is 3. The van der Waals surface area contributed by atoms with Crippen molar-refractivity contribution in [1.82, 2.24) is 9.80 Å². The van der Waals surface area contributed by atoms with Gasteiger partial charge in [-0.05, 0) is 30.5 Å². The van der Waals surface area contributed by atoms with Crippen LogP contribution in [0.5, 0.6) is 0 Å². The van der Waals surface area contributed by atoms with Gasteiger partial charge >= 0.3 is 0 Å². The highest BCUT2D eigenvalue weighted by atomic mass is 16.5. The van der Waals surface area contributed by atoms with Gasteiger partial charge < -0.3 is 14.5 Å². The first-order valence-corrected chi connectivity index (χ1v) is 10.0. The normalized spacial score (nSPS) is 25.9. The maximum absolute atomic E-state index is 13.4. The smallest absolute Gasteiger partial charge is 0.253 e. The van der Waals surface area contributed by atoms with Gasteiger partial charge in [0.05, 0.1) is 18.1 Å². The number of hydrogen-bond donors (Lipinski definition) is 0. The van der Waals surface area contributed by atoms with Gasteiger partial charge in [0, 0.05) is 25.1 Å². The Morgan fingerprint density at radius 3 is 2.29 bits per heavy atom. The highest BCUT2D eigenvalue weighted by molar-refractivity contribution is 5.94. The van der Waals surface area contributed by atoms with Crippen LogP contribution in [0.4, 0.5) is 0 Å². The van der Waals surface area contributed by atoms with Crippen molar-refractivity contribution in [3.63, 3.8) is 0 Å². The number of amides is 2. The molecule has 28 heavy (non-hydrogen) atoms. The zero-order valence-electron chi connectivity index (χ0n) is 15.8. The first-order valence-electron chi connectivity index (χ1n) is 10.0. The first-order chi connectivity index (χ1) is 13.7. The minimum absolute atomic E-state index is 0.00190. The third kappa shape index (κ3) is 2.73. The average molecular weight is 376 g/mol. The number of benzene rings is 2. The molecular weight excluding hydrogens is 352 g/mol. The minimum atomic E-state index is -0.383. The van der Waals surface area contributed by atoms with E-state index in [1.165, 1.54) is 0 Å². The molecular formula is C23H24N2O3. The van der Waals surface area contributed by atoms with E-state index in [0.717, 1.165) is 12.0 Å². The van der Waals surface area contributed by atoms with E-state index >= 15 is 0 Å². The molecule has 3 aliphatic heterocycles. The number of piperidine rings is 1. The Kier molecular flexibility index (Phi) is 4.20. The van der Waals surface area contributed by atoms with Crippen LogP contribution in [0, 0.1) is 5.41 Å². The van der Waals surface area contributed by atoms with Crippen molar-refractivity contribution in [2.24, 2.45) is 5.41 Å². The second-order valence-corrected chi connectivity index (χ2v) is 8.07. The molecule has 0 radical (unpaired) electrons. The number of likely N-dealkylation sites (tertiary alicyclic amines) is 1. The fraction of sp³-hybridized carbons (Fsp3) is 0.391. The van der Waals surface area contributed by atoms with Gasteiger partial charge in [-0.1, -0.05) is 48.5 Å². The van der Waals surface area contributed by atoms with Gasteiger partial charge in [-0.15, -0.1) is 0 Å². The molecule has 2 unspecified atom stereocenters. The standard InChI is InChI=1S/C23H24N2O3/c26-21(18-9-5-2-6-10-18)24-13-11-23(12-14-24)15-20-25(22(23)27)19(16-28-20)17-7-3-1-4-8-17/h1-10,19-20H,11-16H2. The van der Waals surface area contributed by atoms with Crippen LogP contribution in [0.2, 0.25) is 0 Å². The molecule has 1 spiro atoms. The molecule has 5 rings (SSSR count). The molecule has 0 saturated carbocycles.